The average molecular weight is 242 g/mol. The average Bonchev–Trinajstić information content (AvgIpc) is 2.14. The summed E-state index contributed by atoms with van der Waals surface area (Å²) in [6, 6.07) is 4.93. The molecule has 90 valence electrons. The van der Waals surface area contributed by atoms with Crippen LogP contribution in [0.25, 0.3) is 0 Å². The molecule has 1 aromatic rings. The Hall–Kier alpha value is -1.07. The highest BCUT2D eigenvalue weighted by molar-refractivity contribution is 7.89. The Balaban J connectivity index is 2.99. The molecule has 0 amide bonds. The van der Waals surface area contributed by atoms with Crippen molar-refractivity contribution >= 4 is 15.7 Å². The first kappa shape index (κ1) is 13.0. The number of rotatable bonds is 4. The molecule has 0 aliphatic carbocycles. The second-order valence-corrected chi connectivity index (χ2v) is 6.02. The number of anilines is 1. The molecule has 1 rings (SSSR count). The van der Waals surface area contributed by atoms with Crippen molar-refractivity contribution in [3.8, 4) is 0 Å². The molecule has 0 saturated carbocycles. The third kappa shape index (κ3) is 3.21. The van der Waals surface area contributed by atoms with Crippen LogP contribution in [0.3, 0.4) is 0 Å². The Morgan fingerprint density at radius 3 is 2.50 bits per heavy atom. The topological polar surface area (TPSA) is 72.2 Å². The Kier molecular flexibility index (Phi) is 3.93. The van der Waals surface area contributed by atoms with E-state index in [-0.39, 0.29) is 16.5 Å². The number of nitrogens with two attached hydrogens (primary N) is 1. The highest BCUT2D eigenvalue weighted by Crippen LogP contribution is 2.19. The molecule has 4 nitrogen and oxygen atoms in total. The number of hydrogen-bond donors (Lipinski definition) is 2. The molecule has 0 aromatic heterocycles. The monoisotopic (exact) mass is 242 g/mol. The molecule has 0 bridgehead atoms. The second-order valence-electron chi connectivity index (χ2n) is 4.29. The maximum absolute atomic E-state index is 11.9. The van der Waals surface area contributed by atoms with Gasteiger partial charge in [-0.25, -0.2) is 13.1 Å². The van der Waals surface area contributed by atoms with E-state index in [0.29, 0.717) is 6.54 Å². The lowest BCUT2D eigenvalue weighted by atomic mass is 10.2. The van der Waals surface area contributed by atoms with Crippen LogP contribution in [-0.4, -0.2) is 15.0 Å². The van der Waals surface area contributed by atoms with Crippen LogP contribution in [0.15, 0.2) is 23.1 Å². The van der Waals surface area contributed by atoms with Crippen LogP contribution in [0.5, 0.6) is 0 Å². The molecular weight excluding hydrogens is 224 g/mol. The van der Waals surface area contributed by atoms with Crippen molar-refractivity contribution in [2.24, 2.45) is 5.92 Å². The van der Waals surface area contributed by atoms with Gasteiger partial charge in [0, 0.05) is 6.54 Å². The normalized spacial score (nSPS) is 12.0. The molecular formula is C11H18N2O2S. The molecule has 1 aromatic carbocycles. The van der Waals surface area contributed by atoms with E-state index in [1.165, 1.54) is 6.07 Å². The smallest absolute Gasteiger partial charge is 0.242 e. The molecule has 5 heteroatoms. The van der Waals surface area contributed by atoms with Crippen LogP contribution < -0.4 is 10.5 Å². The Bertz CT molecular complexity index is 467. The van der Waals surface area contributed by atoms with Crippen molar-refractivity contribution in [3.05, 3.63) is 23.8 Å². The van der Waals surface area contributed by atoms with Gasteiger partial charge in [-0.05, 0) is 30.5 Å². The SMILES string of the molecule is Cc1ccc(S(=O)(=O)NCC(C)C)c(N)c1. The lowest BCUT2D eigenvalue weighted by Gasteiger charge is -2.11. The lowest BCUT2D eigenvalue weighted by molar-refractivity contribution is 0.560. The van der Waals surface area contributed by atoms with Gasteiger partial charge in [0.05, 0.1) is 5.69 Å². The van der Waals surface area contributed by atoms with Crippen molar-refractivity contribution in [2.75, 3.05) is 12.3 Å². The molecule has 0 heterocycles. The highest BCUT2D eigenvalue weighted by atomic mass is 32.2. The zero-order valence-electron chi connectivity index (χ0n) is 9.82. The highest BCUT2D eigenvalue weighted by Gasteiger charge is 2.16. The molecule has 0 unspecified atom stereocenters. The predicted octanol–water partition coefficient (Wildman–Crippen LogP) is 1.51. The maximum Gasteiger partial charge on any atom is 0.242 e. The van der Waals surface area contributed by atoms with E-state index in [1.54, 1.807) is 12.1 Å². The molecule has 0 aliphatic rings. The fourth-order valence-electron chi connectivity index (χ4n) is 1.27. The summed E-state index contributed by atoms with van der Waals surface area (Å²) in [6.07, 6.45) is 0. The molecule has 0 atom stereocenters. The van der Waals surface area contributed by atoms with E-state index in [1.807, 2.05) is 20.8 Å². The first-order chi connectivity index (χ1) is 7.33. The van der Waals surface area contributed by atoms with Crippen LogP contribution in [0.2, 0.25) is 0 Å². The minimum atomic E-state index is -3.48. The van der Waals surface area contributed by atoms with Crippen LogP contribution in [0, 0.1) is 12.8 Å². The van der Waals surface area contributed by atoms with Gasteiger partial charge in [0.25, 0.3) is 0 Å². The number of sulfonamides is 1. The van der Waals surface area contributed by atoms with Crippen molar-refractivity contribution in [1.82, 2.24) is 4.72 Å². The standard InChI is InChI=1S/C11H18N2O2S/c1-8(2)7-13-16(14,15)11-5-4-9(3)6-10(11)12/h4-6,8,13H,7,12H2,1-3H3. The van der Waals surface area contributed by atoms with Gasteiger partial charge in [-0.15, -0.1) is 0 Å². The number of benzene rings is 1. The van der Waals surface area contributed by atoms with Gasteiger partial charge in [0.2, 0.25) is 10.0 Å². The number of nitrogen functional groups attached to an aromatic ring is 1. The van der Waals surface area contributed by atoms with E-state index >= 15 is 0 Å². The minimum absolute atomic E-state index is 0.152. The molecule has 3 N–H and O–H groups in total. The van der Waals surface area contributed by atoms with Crippen molar-refractivity contribution in [3.63, 3.8) is 0 Å². The van der Waals surface area contributed by atoms with E-state index in [2.05, 4.69) is 4.72 Å². The summed E-state index contributed by atoms with van der Waals surface area (Å²) < 4.78 is 26.3. The summed E-state index contributed by atoms with van der Waals surface area (Å²) in [6.45, 7) is 6.17. The Morgan fingerprint density at radius 2 is 2.00 bits per heavy atom. The van der Waals surface area contributed by atoms with Crippen LogP contribution in [0.1, 0.15) is 19.4 Å². The zero-order valence-corrected chi connectivity index (χ0v) is 10.6. The van der Waals surface area contributed by atoms with Crippen LogP contribution in [0.4, 0.5) is 5.69 Å². The fraction of sp³-hybridized carbons (Fsp3) is 0.455. The summed E-state index contributed by atoms with van der Waals surface area (Å²) in [5.41, 5.74) is 6.93. The van der Waals surface area contributed by atoms with Gasteiger partial charge >= 0.3 is 0 Å². The van der Waals surface area contributed by atoms with Gasteiger partial charge < -0.3 is 5.73 Å². The summed E-state index contributed by atoms with van der Waals surface area (Å²) in [5.74, 6) is 0.265. The van der Waals surface area contributed by atoms with Crippen molar-refractivity contribution in [1.29, 1.82) is 0 Å². The quantitative estimate of drug-likeness (QED) is 0.786. The third-order valence-corrected chi connectivity index (χ3v) is 3.63. The molecule has 0 radical (unpaired) electrons. The van der Waals surface area contributed by atoms with Crippen molar-refractivity contribution in [2.45, 2.75) is 25.7 Å². The molecule has 16 heavy (non-hydrogen) atoms. The number of aryl methyl sites for hydroxylation is 1. The summed E-state index contributed by atoms with van der Waals surface area (Å²) >= 11 is 0. The Labute approximate surface area is 96.9 Å². The first-order valence-corrected chi connectivity index (χ1v) is 6.67. The van der Waals surface area contributed by atoms with E-state index in [0.717, 1.165) is 5.56 Å². The van der Waals surface area contributed by atoms with E-state index < -0.39 is 10.0 Å². The number of hydrogen-bond acceptors (Lipinski definition) is 3. The number of nitrogens with one attached hydrogen (secondary N) is 1. The van der Waals surface area contributed by atoms with Gasteiger partial charge in [0.15, 0.2) is 0 Å². The zero-order chi connectivity index (χ0) is 12.3. The Morgan fingerprint density at radius 1 is 1.38 bits per heavy atom. The van der Waals surface area contributed by atoms with Crippen LogP contribution in [-0.2, 0) is 10.0 Å². The molecule has 0 saturated heterocycles. The summed E-state index contributed by atoms with van der Waals surface area (Å²) in [7, 11) is -3.48. The summed E-state index contributed by atoms with van der Waals surface area (Å²) in [4.78, 5) is 0.152. The molecule has 0 spiro atoms. The maximum atomic E-state index is 11.9. The third-order valence-electron chi connectivity index (χ3n) is 2.14. The summed E-state index contributed by atoms with van der Waals surface area (Å²) in [5, 5.41) is 0. The van der Waals surface area contributed by atoms with Crippen molar-refractivity contribution < 1.29 is 8.42 Å². The van der Waals surface area contributed by atoms with E-state index in [4.69, 9.17) is 5.73 Å². The lowest BCUT2D eigenvalue weighted by Crippen LogP contribution is -2.28. The molecule has 0 aliphatic heterocycles. The first-order valence-electron chi connectivity index (χ1n) is 5.18. The molecule has 0 fully saturated rings. The van der Waals surface area contributed by atoms with Gasteiger partial charge in [-0.2, -0.15) is 0 Å². The minimum Gasteiger partial charge on any atom is -0.398 e. The van der Waals surface area contributed by atoms with Crippen LogP contribution >= 0.6 is 0 Å². The van der Waals surface area contributed by atoms with E-state index in [9.17, 15) is 8.42 Å². The largest absolute Gasteiger partial charge is 0.398 e. The van der Waals surface area contributed by atoms with Gasteiger partial charge in [-0.3, -0.25) is 0 Å². The second kappa shape index (κ2) is 4.84. The van der Waals surface area contributed by atoms with Gasteiger partial charge in [0.1, 0.15) is 4.90 Å². The van der Waals surface area contributed by atoms with Gasteiger partial charge in [-0.1, -0.05) is 19.9 Å². The predicted molar refractivity (Wildman–Crippen MR) is 65.6 cm³/mol. The fourth-order valence-corrected chi connectivity index (χ4v) is 2.59.